The first kappa shape index (κ1) is 16.5. The van der Waals surface area contributed by atoms with E-state index in [1.54, 1.807) is 0 Å². The van der Waals surface area contributed by atoms with Crippen LogP contribution >= 0.6 is 23.2 Å². The summed E-state index contributed by atoms with van der Waals surface area (Å²) >= 11 is 7.30. The van der Waals surface area contributed by atoms with Gasteiger partial charge in [0.1, 0.15) is 10.0 Å². The van der Waals surface area contributed by atoms with Crippen LogP contribution in [0.15, 0.2) is 18.5 Å². The maximum absolute atomic E-state index is 12.2. The highest BCUT2D eigenvalue weighted by Crippen LogP contribution is 2.16. The topological polar surface area (TPSA) is 53.2 Å². The third-order valence-corrected chi connectivity index (χ3v) is 1.67. The molecule has 1 aromatic heterocycles. The lowest BCUT2D eigenvalue weighted by molar-refractivity contribution is -0.843. The summed E-state index contributed by atoms with van der Waals surface area (Å²) in [6, 6.07) is 1.46. The number of halogens is 6. The second-order valence-electron chi connectivity index (χ2n) is 2.25. The minimum absolute atomic E-state index is 0.282. The molecule has 0 radical (unpaired) electrons. The van der Waals surface area contributed by atoms with Gasteiger partial charge in [0, 0.05) is 4.79 Å². The van der Waals surface area contributed by atoms with Crippen LogP contribution in [0.25, 0.3) is 0 Å². The number of rotatable bonds is 1. The van der Waals surface area contributed by atoms with Gasteiger partial charge in [-0.05, 0) is 6.07 Å². The maximum atomic E-state index is 12.2. The van der Waals surface area contributed by atoms with Crippen molar-refractivity contribution in [2.24, 2.45) is 0 Å². The molecule has 1 aromatic rings. The summed E-state index contributed by atoms with van der Waals surface area (Å²) in [6.45, 7) is 0. The molecule has 11 heteroatoms. The van der Waals surface area contributed by atoms with E-state index in [1.807, 2.05) is 0 Å². The normalized spacial score (nSPS) is 12.6. The molecule has 0 N–H and O–H groups in total. The molecule has 4 nitrogen and oxygen atoms in total. The van der Waals surface area contributed by atoms with Crippen LogP contribution in [0, 0.1) is 0 Å². The van der Waals surface area contributed by atoms with Crippen molar-refractivity contribution in [2.45, 2.75) is 6.36 Å². The van der Waals surface area contributed by atoms with E-state index in [1.165, 1.54) is 6.07 Å². The van der Waals surface area contributed by atoms with Crippen LogP contribution in [0.3, 0.4) is 0 Å². The van der Waals surface area contributed by atoms with E-state index >= 15 is 0 Å². The molecule has 0 aliphatic carbocycles. The fourth-order valence-electron chi connectivity index (χ4n) is 0.556. The Kier molecular flexibility index (Phi) is 6.87. The lowest BCUT2D eigenvalue weighted by Crippen LogP contribution is -2.20. The standard InChI is InChI=1S/C5H3Cl2FN.CHF3O3S/c6-4-1-5(7)3-9(8)2-4;2-1(3,4)7-8(5)6/h1-3H;(H,5,6)/q+1;/p-1. The average molecular weight is 316 g/mol. The molecule has 0 fully saturated rings. The smallest absolute Gasteiger partial charge is 0.534 e. The van der Waals surface area contributed by atoms with Gasteiger partial charge in [0.15, 0.2) is 0 Å². The van der Waals surface area contributed by atoms with E-state index < -0.39 is 17.7 Å². The Morgan fingerprint density at radius 3 is 1.88 bits per heavy atom. The van der Waals surface area contributed by atoms with Crippen LogP contribution < -0.4 is 4.79 Å². The van der Waals surface area contributed by atoms with Gasteiger partial charge in [-0.25, -0.2) is 8.39 Å². The van der Waals surface area contributed by atoms with E-state index in [0.717, 1.165) is 12.4 Å². The van der Waals surface area contributed by atoms with Crippen molar-refractivity contribution in [3.05, 3.63) is 28.5 Å². The summed E-state index contributed by atoms with van der Waals surface area (Å²) in [6.07, 6.45) is -2.85. The maximum Gasteiger partial charge on any atom is 0.534 e. The number of hydrogen-bond acceptors (Lipinski definition) is 3. The van der Waals surface area contributed by atoms with Gasteiger partial charge in [0.05, 0.1) is 15.8 Å². The highest BCUT2D eigenvalue weighted by Gasteiger charge is 2.30. The summed E-state index contributed by atoms with van der Waals surface area (Å²) in [5.74, 6) is 0. The van der Waals surface area contributed by atoms with Gasteiger partial charge in [-0.3, -0.25) is 0 Å². The Balaban J connectivity index is 0.000000304. The molecule has 1 atom stereocenters. The largest absolute Gasteiger partial charge is 0.750 e. The van der Waals surface area contributed by atoms with Gasteiger partial charge in [0.25, 0.3) is 0 Å². The Hall–Kier alpha value is -0.480. The highest BCUT2D eigenvalue weighted by atomic mass is 35.5. The van der Waals surface area contributed by atoms with E-state index in [-0.39, 0.29) is 10.0 Å². The second-order valence-corrected chi connectivity index (χ2v) is 3.70. The lowest BCUT2D eigenvalue weighted by Gasteiger charge is -2.06. The summed E-state index contributed by atoms with van der Waals surface area (Å²) in [4.78, 5) is 0.310. The Morgan fingerprint density at radius 1 is 1.29 bits per heavy atom. The van der Waals surface area contributed by atoms with Gasteiger partial charge in [-0.15, -0.1) is 13.2 Å². The van der Waals surface area contributed by atoms with Gasteiger partial charge < -0.3 is 4.55 Å². The Bertz CT molecular complexity index is 353. The highest BCUT2D eigenvalue weighted by molar-refractivity contribution is 7.74. The molecule has 0 saturated heterocycles. The molecule has 1 unspecified atom stereocenters. The Morgan fingerprint density at radius 2 is 1.71 bits per heavy atom. The SMILES string of the molecule is F[n+]1cc(Cl)cc(Cl)c1.O=S([O-])OC(F)(F)F. The van der Waals surface area contributed by atoms with Crippen LogP contribution in [0.5, 0.6) is 0 Å². The minimum atomic E-state index is -5.09. The summed E-state index contributed by atoms with van der Waals surface area (Å²) in [5, 5.41) is 0.565. The third-order valence-electron chi connectivity index (χ3n) is 0.932. The summed E-state index contributed by atoms with van der Waals surface area (Å²) < 4.78 is 64.7. The molecule has 0 spiro atoms. The van der Waals surface area contributed by atoms with E-state index in [2.05, 4.69) is 4.18 Å². The number of aromatic nitrogens is 1. The van der Waals surface area contributed by atoms with Crippen LogP contribution in [-0.4, -0.2) is 15.1 Å². The van der Waals surface area contributed by atoms with Crippen molar-refractivity contribution < 1.29 is 35.4 Å². The molecule has 1 heterocycles. The van der Waals surface area contributed by atoms with Crippen LogP contribution in [0.1, 0.15) is 0 Å². The van der Waals surface area contributed by atoms with Crippen molar-refractivity contribution in [2.75, 3.05) is 0 Å². The number of nitrogens with zero attached hydrogens (tertiary/aromatic N) is 1. The third kappa shape index (κ3) is 10.4. The fraction of sp³-hybridized carbons (Fsp3) is 0.167. The van der Waals surface area contributed by atoms with Crippen molar-refractivity contribution >= 4 is 34.6 Å². The van der Waals surface area contributed by atoms with Crippen LogP contribution in [0.2, 0.25) is 10.0 Å². The quantitative estimate of drug-likeness (QED) is 0.590. The first-order valence-electron chi connectivity index (χ1n) is 3.49. The number of alkyl halides is 3. The lowest BCUT2D eigenvalue weighted by atomic mass is 10.5. The van der Waals surface area contributed by atoms with Gasteiger partial charge in [-0.2, -0.15) is 0 Å². The molecule has 17 heavy (non-hydrogen) atoms. The van der Waals surface area contributed by atoms with Crippen LogP contribution in [-0.2, 0) is 15.5 Å². The number of hydrogen-bond donors (Lipinski definition) is 0. The predicted molar refractivity (Wildman–Crippen MR) is 49.2 cm³/mol. The molecule has 0 aliphatic heterocycles. The van der Waals surface area contributed by atoms with E-state index in [4.69, 9.17) is 32.0 Å². The zero-order valence-electron chi connectivity index (χ0n) is 7.58. The average Bonchev–Trinajstić information content (AvgIpc) is 1.95. The van der Waals surface area contributed by atoms with Gasteiger partial charge >= 0.3 is 6.36 Å². The van der Waals surface area contributed by atoms with Gasteiger partial charge in [-0.1, -0.05) is 23.2 Å². The molecular weight excluding hydrogens is 313 g/mol. The molecule has 1 rings (SSSR count). The monoisotopic (exact) mass is 315 g/mol. The van der Waals surface area contributed by atoms with Crippen molar-refractivity contribution in [3.8, 4) is 0 Å². The van der Waals surface area contributed by atoms with Gasteiger partial charge in [0.2, 0.25) is 12.4 Å². The van der Waals surface area contributed by atoms with E-state index in [9.17, 15) is 17.7 Å². The Labute approximate surface area is 105 Å². The molecule has 98 valence electrons. The molecule has 0 aliphatic rings. The molecule has 0 amide bonds. The zero-order valence-corrected chi connectivity index (χ0v) is 9.91. The zero-order chi connectivity index (χ0) is 13.6. The molecule has 0 aromatic carbocycles. The minimum Gasteiger partial charge on any atom is -0.750 e. The number of pyridine rings is 1. The predicted octanol–water partition coefficient (Wildman–Crippen LogP) is 2.33. The van der Waals surface area contributed by atoms with Crippen molar-refractivity contribution in [1.82, 2.24) is 0 Å². The molecular formula is C6H3Cl2F4NO3S. The van der Waals surface area contributed by atoms with Crippen molar-refractivity contribution in [3.63, 3.8) is 0 Å². The second kappa shape index (κ2) is 7.07. The van der Waals surface area contributed by atoms with E-state index in [0.29, 0.717) is 4.79 Å². The molecule has 0 saturated carbocycles. The summed E-state index contributed by atoms with van der Waals surface area (Å²) in [7, 11) is 0. The first-order valence-corrected chi connectivity index (χ1v) is 5.25. The van der Waals surface area contributed by atoms with Crippen LogP contribution in [0.4, 0.5) is 17.7 Å². The summed E-state index contributed by atoms with van der Waals surface area (Å²) in [5.41, 5.74) is 0. The first-order chi connectivity index (χ1) is 7.60. The van der Waals surface area contributed by atoms with Crippen molar-refractivity contribution in [1.29, 1.82) is 0 Å². The fourth-order valence-corrected chi connectivity index (χ4v) is 1.19. The molecule has 0 bridgehead atoms.